The lowest BCUT2D eigenvalue weighted by Gasteiger charge is -2.23. The third-order valence-electron chi connectivity index (χ3n) is 8.03. The van der Waals surface area contributed by atoms with Gasteiger partial charge in [-0.25, -0.2) is 13.0 Å². The Bertz CT molecular complexity index is 1880. The van der Waals surface area contributed by atoms with Crippen molar-refractivity contribution in [1.82, 2.24) is 8.88 Å². The van der Waals surface area contributed by atoms with Crippen molar-refractivity contribution in [2.45, 2.75) is 64.2 Å². The van der Waals surface area contributed by atoms with Crippen LogP contribution in [0.15, 0.2) is 68.8 Å². The number of hydrogen-bond acceptors (Lipinski definition) is 6. The van der Waals surface area contributed by atoms with Crippen molar-refractivity contribution in [2.75, 3.05) is 44.2 Å². The van der Waals surface area contributed by atoms with Gasteiger partial charge in [0.05, 0.1) is 11.0 Å². The van der Waals surface area contributed by atoms with Gasteiger partial charge in [0.2, 0.25) is 15.4 Å². The quantitative estimate of drug-likeness (QED) is 0.110. The first-order chi connectivity index (χ1) is 20.9. The zero-order valence-electron chi connectivity index (χ0n) is 26.5. The van der Waals surface area contributed by atoms with Gasteiger partial charge in [0.1, 0.15) is 29.3 Å². The second-order valence-electron chi connectivity index (χ2n) is 10.7. The van der Waals surface area contributed by atoms with Crippen LogP contribution in [0.1, 0.15) is 54.4 Å². The number of fused-ring (bicyclic) bond motifs is 2. The number of rotatable bonds is 13. The Morgan fingerprint density at radius 3 is 1.98 bits per heavy atom. The average Bonchev–Trinajstić information content (AvgIpc) is 3.00. The Balaban J connectivity index is 2.11. The molecule has 0 saturated heterocycles. The van der Waals surface area contributed by atoms with Crippen LogP contribution in [0.2, 0.25) is 0 Å². The largest absolute Gasteiger partial charge is 0.456 e. The fourth-order valence-electron chi connectivity index (χ4n) is 5.81. The minimum atomic E-state index is -4.84. The summed E-state index contributed by atoms with van der Waals surface area (Å²) in [5.74, 6) is 0.545. The first kappa shape index (κ1) is 33.6. The number of sulfonamides is 1. The normalized spacial score (nSPS) is 12.4. The van der Waals surface area contributed by atoms with Gasteiger partial charge in [-0.15, -0.1) is 0 Å². The molecule has 0 fully saturated rings. The van der Waals surface area contributed by atoms with Crippen LogP contribution in [0.5, 0.6) is 0 Å². The molecular weight excluding hydrogens is 599 g/mol. The summed E-state index contributed by atoms with van der Waals surface area (Å²) in [6.07, 6.45) is 1.22. The van der Waals surface area contributed by atoms with Gasteiger partial charge in [-0.05, 0) is 70.9 Å². The van der Waals surface area contributed by atoms with Gasteiger partial charge in [-0.2, -0.15) is 12.7 Å². The van der Waals surface area contributed by atoms with E-state index in [-0.39, 0.29) is 10.5 Å². The average molecular weight is 643 g/mol. The molecular formula is C33H44N3O6S2+. The fourth-order valence-corrected chi connectivity index (χ4v) is 8.26. The van der Waals surface area contributed by atoms with Crippen molar-refractivity contribution in [1.29, 1.82) is 0 Å². The van der Waals surface area contributed by atoms with Gasteiger partial charge in [-0.1, -0.05) is 19.9 Å². The van der Waals surface area contributed by atoms with Gasteiger partial charge in [0, 0.05) is 66.1 Å². The Morgan fingerprint density at radius 1 is 0.773 bits per heavy atom. The monoisotopic (exact) mass is 642 g/mol. The van der Waals surface area contributed by atoms with E-state index >= 15 is 0 Å². The van der Waals surface area contributed by atoms with E-state index in [1.165, 1.54) is 16.4 Å². The second-order valence-corrected chi connectivity index (χ2v) is 14.0. The van der Waals surface area contributed by atoms with Gasteiger partial charge >= 0.3 is 0 Å². The Morgan fingerprint density at radius 2 is 1.41 bits per heavy atom. The highest BCUT2D eigenvalue weighted by Crippen LogP contribution is 2.43. The van der Waals surface area contributed by atoms with E-state index in [9.17, 15) is 21.4 Å². The molecule has 1 aliphatic carbocycles. The van der Waals surface area contributed by atoms with Crippen LogP contribution in [0.3, 0.4) is 0 Å². The highest BCUT2D eigenvalue weighted by Gasteiger charge is 2.29. The third-order valence-corrected chi connectivity index (χ3v) is 10.8. The Labute approximate surface area is 261 Å². The summed E-state index contributed by atoms with van der Waals surface area (Å²) in [6.45, 7) is 15.9. The third kappa shape index (κ3) is 6.56. The van der Waals surface area contributed by atoms with Crippen LogP contribution in [-0.2, 0) is 20.1 Å². The molecule has 0 spiro atoms. The maximum atomic E-state index is 13.6. The molecule has 2 aromatic carbocycles. The Kier molecular flexibility index (Phi) is 10.6. The van der Waals surface area contributed by atoms with Crippen molar-refractivity contribution in [3.8, 4) is 22.5 Å². The molecule has 2 aliphatic rings. The second kappa shape index (κ2) is 13.8. The van der Waals surface area contributed by atoms with Crippen molar-refractivity contribution in [3.05, 3.63) is 60.0 Å². The zero-order valence-corrected chi connectivity index (χ0v) is 28.1. The lowest BCUT2D eigenvalue weighted by molar-refractivity contribution is 0.410. The standard InChI is InChI=1S/C33H43N3O6S2/c1-7-19-36(20-8-2)43(37,38)26-15-18-29(32(23-26)44(39,40)41)33-27-16-13-24(34(9-3)10-4)21-30(27)42-31-22-25(14-17-28(31)33)35(11-5)12-6/h13-18,21-23H,7-12,19-20H2,1-6H3/p+1. The van der Waals surface area contributed by atoms with Gasteiger partial charge in [0.15, 0.2) is 0 Å². The summed E-state index contributed by atoms with van der Waals surface area (Å²) in [5, 5.41) is 1.60. The van der Waals surface area contributed by atoms with E-state index in [1.54, 1.807) is 0 Å². The van der Waals surface area contributed by atoms with Crippen LogP contribution in [0, 0.1) is 0 Å². The summed E-state index contributed by atoms with van der Waals surface area (Å²) in [5.41, 5.74) is 2.88. The van der Waals surface area contributed by atoms with Crippen LogP contribution in [-0.4, -0.2) is 65.0 Å². The fraction of sp³-hybridized carbons (Fsp3) is 0.424. The summed E-state index contributed by atoms with van der Waals surface area (Å²) in [6, 6.07) is 15.6. The highest BCUT2D eigenvalue weighted by molar-refractivity contribution is 7.89. The SMILES string of the molecule is CCCN(CCC)S(=O)(=O)c1ccc(-c2c3ccc(=[N+](CC)CC)cc-3oc3cc(N(CC)CC)ccc23)c(S(=O)(=O)O)c1. The molecule has 2 aromatic rings. The van der Waals surface area contributed by atoms with E-state index in [0.29, 0.717) is 53.8 Å². The molecule has 0 bridgehead atoms. The van der Waals surface area contributed by atoms with Crippen molar-refractivity contribution >= 4 is 36.8 Å². The highest BCUT2D eigenvalue weighted by atomic mass is 32.2. The molecule has 0 radical (unpaired) electrons. The molecule has 1 heterocycles. The summed E-state index contributed by atoms with van der Waals surface area (Å²) in [4.78, 5) is 1.53. The van der Waals surface area contributed by atoms with E-state index in [4.69, 9.17) is 4.42 Å². The van der Waals surface area contributed by atoms with Crippen LogP contribution < -0.4 is 14.8 Å². The summed E-state index contributed by atoms with van der Waals surface area (Å²) in [7, 11) is -8.85. The molecule has 11 heteroatoms. The molecule has 0 unspecified atom stereocenters. The van der Waals surface area contributed by atoms with E-state index in [0.717, 1.165) is 43.3 Å². The Hall–Kier alpha value is -3.25. The number of nitrogens with zero attached hydrogens (tertiary/aromatic N) is 3. The van der Waals surface area contributed by atoms with Gasteiger partial charge in [-0.3, -0.25) is 4.55 Å². The van der Waals surface area contributed by atoms with Crippen molar-refractivity contribution < 1.29 is 25.8 Å². The van der Waals surface area contributed by atoms with Crippen LogP contribution in [0.25, 0.3) is 33.4 Å². The lowest BCUT2D eigenvalue weighted by atomic mass is 9.93. The molecule has 1 aliphatic heterocycles. The first-order valence-corrected chi connectivity index (χ1v) is 18.3. The molecule has 1 N–H and O–H groups in total. The molecule has 9 nitrogen and oxygen atoms in total. The zero-order chi connectivity index (χ0) is 32.2. The van der Waals surface area contributed by atoms with Gasteiger partial charge < -0.3 is 9.32 Å². The maximum Gasteiger partial charge on any atom is 0.295 e. The molecule has 0 aromatic heterocycles. The minimum absolute atomic E-state index is 0.183. The summed E-state index contributed by atoms with van der Waals surface area (Å²) >= 11 is 0. The molecule has 44 heavy (non-hydrogen) atoms. The number of hydrogen-bond donors (Lipinski definition) is 1. The van der Waals surface area contributed by atoms with E-state index < -0.39 is 25.0 Å². The van der Waals surface area contributed by atoms with Crippen molar-refractivity contribution in [2.24, 2.45) is 0 Å². The van der Waals surface area contributed by atoms with Crippen LogP contribution >= 0.6 is 0 Å². The minimum Gasteiger partial charge on any atom is -0.456 e. The molecule has 4 rings (SSSR count). The topological polar surface area (TPSA) is 111 Å². The van der Waals surface area contributed by atoms with Gasteiger partial charge in [0.25, 0.3) is 10.1 Å². The predicted molar refractivity (Wildman–Crippen MR) is 177 cm³/mol. The summed E-state index contributed by atoms with van der Waals surface area (Å²) < 4.78 is 73.6. The predicted octanol–water partition coefficient (Wildman–Crippen LogP) is 5.92. The molecule has 238 valence electrons. The smallest absolute Gasteiger partial charge is 0.295 e. The number of benzene rings is 3. The van der Waals surface area contributed by atoms with Crippen LogP contribution in [0.4, 0.5) is 5.69 Å². The number of anilines is 1. The van der Waals surface area contributed by atoms with Crippen molar-refractivity contribution in [3.63, 3.8) is 0 Å². The van der Waals surface area contributed by atoms with E-state index in [1.807, 2.05) is 50.2 Å². The molecule has 0 atom stereocenters. The lowest BCUT2D eigenvalue weighted by Crippen LogP contribution is -2.32. The molecule has 0 amide bonds. The molecule has 0 saturated carbocycles. The first-order valence-electron chi connectivity index (χ1n) is 15.4. The maximum absolute atomic E-state index is 13.6. The van der Waals surface area contributed by atoms with E-state index in [2.05, 4.69) is 37.2 Å².